The molecule has 0 fully saturated rings. The van der Waals surface area contributed by atoms with Crippen molar-refractivity contribution in [3.05, 3.63) is 57.9 Å². The van der Waals surface area contributed by atoms with Crippen molar-refractivity contribution >= 4 is 17.7 Å². The molecular formula is C25H45NO2S. The maximum absolute atomic E-state index is 11.9. The molecule has 0 unspecified atom stereocenters. The number of aliphatic hydroxyl groups excluding tert-OH is 1. The van der Waals surface area contributed by atoms with Gasteiger partial charge < -0.3 is 10.0 Å². The van der Waals surface area contributed by atoms with E-state index in [-0.39, 0.29) is 13.3 Å². The second kappa shape index (κ2) is 18.4. The predicted molar refractivity (Wildman–Crippen MR) is 134 cm³/mol. The Kier molecular flexibility index (Phi) is 20.3. The molecule has 168 valence electrons. The van der Waals surface area contributed by atoms with E-state index in [1.807, 2.05) is 52.1 Å². The Morgan fingerprint density at radius 2 is 1.62 bits per heavy atom. The van der Waals surface area contributed by atoms with Crippen molar-refractivity contribution in [2.75, 3.05) is 13.3 Å². The molecular weight excluding hydrogens is 378 g/mol. The first-order valence-electron chi connectivity index (χ1n) is 9.91. The Bertz CT molecular complexity index is 619. The third kappa shape index (κ3) is 14.0. The van der Waals surface area contributed by atoms with Crippen LogP contribution in [0, 0.1) is 5.92 Å². The zero-order chi connectivity index (χ0) is 22.3. The first kappa shape index (κ1) is 32.0. The lowest BCUT2D eigenvalue weighted by molar-refractivity contribution is -0.128. The quantitative estimate of drug-likeness (QED) is 0.317. The summed E-state index contributed by atoms with van der Waals surface area (Å²) in [5, 5.41) is 9.14. The van der Waals surface area contributed by atoms with Crippen molar-refractivity contribution in [2.45, 2.75) is 75.7 Å². The van der Waals surface area contributed by atoms with Gasteiger partial charge in [-0.3, -0.25) is 4.79 Å². The third-order valence-corrected chi connectivity index (χ3v) is 5.11. The minimum Gasteiger partial charge on any atom is -0.512 e. The zero-order valence-electron chi connectivity index (χ0n) is 19.6. The van der Waals surface area contributed by atoms with Gasteiger partial charge in [0.25, 0.3) is 0 Å². The summed E-state index contributed by atoms with van der Waals surface area (Å²) >= 11 is 1.73. The molecule has 0 aliphatic heterocycles. The van der Waals surface area contributed by atoms with E-state index >= 15 is 0 Å². The Balaban J connectivity index is -0.000000525. The third-order valence-electron chi connectivity index (χ3n) is 4.17. The number of carbonyl (C=O) groups excluding carboxylic acids is 1. The maximum Gasteiger partial charge on any atom is 0.226 e. The van der Waals surface area contributed by atoms with Crippen molar-refractivity contribution in [3.63, 3.8) is 0 Å². The Morgan fingerprint density at radius 3 is 1.93 bits per heavy atom. The number of likely N-dealkylation sites (N-methyl/N-ethyl adjacent to an activating group) is 1. The fourth-order valence-corrected chi connectivity index (χ4v) is 2.73. The average Bonchev–Trinajstić information content (AvgIpc) is 2.64. The van der Waals surface area contributed by atoms with Gasteiger partial charge in [0.2, 0.25) is 5.91 Å². The van der Waals surface area contributed by atoms with Crippen LogP contribution in [0.15, 0.2) is 57.9 Å². The Labute approximate surface area is 185 Å². The lowest BCUT2D eigenvalue weighted by Crippen LogP contribution is -2.24. The second-order valence-corrected chi connectivity index (χ2v) is 7.93. The molecule has 0 bridgehead atoms. The van der Waals surface area contributed by atoms with Gasteiger partial charge in [-0.25, -0.2) is 0 Å². The summed E-state index contributed by atoms with van der Waals surface area (Å²) in [6.07, 6.45) is 13.4. The highest BCUT2D eigenvalue weighted by atomic mass is 32.2. The summed E-state index contributed by atoms with van der Waals surface area (Å²) in [7, 11) is 1.84. The lowest BCUT2D eigenvalue weighted by atomic mass is 10.0. The van der Waals surface area contributed by atoms with E-state index in [4.69, 9.17) is 5.11 Å². The molecule has 0 aliphatic carbocycles. The van der Waals surface area contributed by atoms with E-state index in [9.17, 15) is 4.79 Å². The molecule has 29 heavy (non-hydrogen) atoms. The summed E-state index contributed by atoms with van der Waals surface area (Å²) in [5.41, 5.74) is 3.16. The van der Waals surface area contributed by atoms with Gasteiger partial charge in [-0.1, -0.05) is 46.4 Å². The summed E-state index contributed by atoms with van der Waals surface area (Å²) in [4.78, 5) is 14.9. The standard InChI is InChI=1S/C15H25NOS.C9H16O.CH4/c1-7-9-14(11-12(3)13(4)18-6)16(5)15(17)10-8-2;1-5-6-9(7(2)3)8(4)10;/h7,9,11H,8,10H2,1-6H3;5-7,10H,1-4H3;1H4/b9-7+,13-12+,14-11+;6-5-,9-8-;. The number of hydrogen-bond acceptors (Lipinski definition) is 3. The lowest BCUT2D eigenvalue weighted by Gasteiger charge is -2.19. The Hall–Kier alpha value is -1.68. The number of allylic oxidation sites excluding steroid dienone is 9. The number of rotatable bonds is 8. The summed E-state index contributed by atoms with van der Waals surface area (Å²) in [6.45, 7) is 16.0. The van der Waals surface area contributed by atoms with Gasteiger partial charge >= 0.3 is 0 Å². The van der Waals surface area contributed by atoms with Gasteiger partial charge in [0, 0.05) is 19.2 Å². The zero-order valence-corrected chi connectivity index (χ0v) is 20.4. The minimum absolute atomic E-state index is 0. The SMILES string of the molecule is C.C/C=C/C(=C\C(C)=C(/C)SC)N(C)C(=O)CCC.C/C=C\C(=C(/C)O)C(C)C. The monoisotopic (exact) mass is 423 g/mol. The van der Waals surface area contributed by atoms with Crippen LogP contribution in [-0.4, -0.2) is 29.2 Å². The van der Waals surface area contributed by atoms with Gasteiger partial charge in [-0.15, -0.1) is 11.8 Å². The fraction of sp³-hybridized carbons (Fsp3) is 0.560. The molecule has 3 nitrogen and oxygen atoms in total. The molecule has 0 spiro atoms. The van der Waals surface area contributed by atoms with Crippen LogP contribution in [-0.2, 0) is 4.79 Å². The molecule has 1 N–H and O–H groups in total. The summed E-state index contributed by atoms with van der Waals surface area (Å²) in [5.74, 6) is 0.991. The van der Waals surface area contributed by atoms with Crippen molar-refractivity contribution < 1.29 is 9.90 Å². The molecule has 0 aromatic rings. The van der Waals surface area contributed by atoms with Crippen molar-refractivity contribution in [3.8, 4) is 0 Å². The number of aliphatic hydroxyl groups is 1. The second-order valence-electron chi connectivity index (χ2n) is 6.91. The van der Waals surface area contributed by atoms with Gasteiger partial charge in [0.05, 0.1) is 5.76 Å². The summed E-state index contributed by atoms with van der Waals surface area (Å²) < 4.78 is 0. The minimum atomic E-state index is 0. The van der Waals surface area contributed by atoms with Crippen LogP contribution in [0.25, 0.3) is 0 Å². The average molecular weight is 424 g/mol. The number of amides is 1. The van der Waals surface area contributed by atoms with E-state index in [0.29, 0.717) is 18.1 Å². The molecule has 0 aliphatic rings. The maximum atomic E-state index is 11.9. The summed E-state index contributed by atoms with van der Waals surface area (Å²) in [6, 6.07) is 0. The highest BCUT2D eigenvalue weighted by Gasteiger charge is 2.10. The van der Waals surface area contributed by atoms with Crippen LogP contribution >= 0.6 is 11.8 Å². The van der Waals surface area contributed by atoms with Crippen LogP contribution in [0.5, 0.6) is 0 Å². The van der Waals surface area contributed by atoms with E-state index in [1.54, 1.807) is 23.6 Å². The van der Waals surface area contributed by atoms with Gasteiger partial charge in [-0.2, -0.15) is 0 Å². The molecule has 0 atom stereocenters. The van der Waals surface area contributed by atoms with E-state index in [2.05, 4.69) is 40.0 Å². The topological polar surface area (TPSA) is 40.5 Å². The van der Waals surface area contributed by atoms with Crippen molar-refractivity contribution in [1.82, 2.24) is 4.90 Å². The number of nitrogens with zero attached hydrogens (tertiary/aromatic N) is 1. The molecule has 0 heterocycles. The number of thioether (sulfide) groups is 1. The molecule has 0 aromatic carbocycles. The highest BCUT2D eigenvalue weighted by Crippen LogP contribution is 2.19. The van der Waals surface area contributed by atoms with Crippen molar-refractivity contribution in [1.29, 1.82) is 0 Å². The van der Waals surface area contributed by atoms with E-state index in [1.165, 1.54) is 10.5 Å². The smallest absolute Gasteiger partial charge is 0.226 e. The largest absolute Gasteiger partial charge is 0.512 e. The van der Waals surface area contributed by atoms with Crippen LogP contribution in [0.3, 0.4) is 0 Å². The molecule has 0 saturated carbocycles. The molecule has 0 rings (SSSR count). The van der Waals surface area contributed by atoms with Gasteiger partial charge in [-0.05, 0) is 81.4 Å². The van der Waals surface area contributed by atoms with Crippen LogP contribution in [0.4, 0.5) is 0 Å². The molecule has 1 amide bonds. The normalized spacial score (nSPS) is 13.6. The van der Waals surface area contributed by atoms with Gasteiger partial charge in [0.15, 0.2) is 0 Å². The Morgan fingerprint density at radius 1 is 1.10 bits per heavy atom. The van der Waals surface area contributed by atoms with Crippen LogP contribution < -0.4 is 0 Å². The molecule has 0 radical (unpaired) electrons. The predicted octanol–water partition coefficient (Wildman–Crippen LogP) is 8.05. The van der Waals surface area contributed by atoms with Crippen LogP contribution in [0.1, 0.15) is 75.7 Å². The molecule has 4 heteroatoms. The first-order chi connectivity index (χ1) is 13.1. The first-order valence-corrected chi connectivity index (χ1v) is 11.1. The molecule has 0 aromatic heterocycles. The fourth-order valence-electron chi connectivity index (χ4n) is 2.35. The highest BCUT2D eigenvalue weighted by molar-refractivity contribution is 8.02. The van der Waals surface area contributed by atoms with Crippen molar-refractivity contribution in [2.24, 2.45) is 5.92 Å². The number of hydrogen-bond donors (Lipinski definition) is 1. The van der Waals surface area contributed by atoms with Gasteiger partial charge in [0.1, 0.15) is 0 Å². The van der Waals surface area contributed by atoms with E-state index in [0.717, 1.165) is 17.7 Å². The van der Waals surface area contributed by atoms with E-state index < -0.39 is 0 Å². The number of carbonyl (C=O) groups is 1. The molecule has 0 saturated heterocycles. The van der Waals surface area contributed by atoms with Crippen LogP contribution in [0.2, 0.25) is 0 Å².